The molecule has 1 heteroatoms. The molecule has 2 saturated carbocycles. The second kappa shape index (κ2) is 1.97. The summed E-state index contributed by atoms with van der Waals surface area (Å²) in [5.41, 5.74) is -0.182. The zero-order chi connectivity index (χ0) is 7.19. The summed E-state index contributed by atoms with van der Waals surface area (Å²) in [6.45, 7) is 2.24. The number of hydrogen-bond acceptors (Lipinski definition) is 1. The Morgan fingerprint density at radius 1 is 1.40 bits per heavy atom. The largest absolute Gasteiger partial charge is 0.390 e. The van der Waals surface area contributed by atoms with E-state index >= 15 is 0 Å². The molecule has 2 rings (SSSR count). The van der Waals surface area contributed by atoms with Crippen LogP contribution >= 0.6 is 0 Å². The van der Waals surface area contributed by atoms with E-state index < -0.39 is 0 Å². The van der Waals surface area contributed by atoms with Crippen molar-refractivity contribution in [2.75, 3.05) is 0 Å². The number of rotatable bonds is 2. The van der Waals surface area contributed by atoms with Crippen molar-refractivity contribution in [2.24, 2.45) is 11.8 Å². The fraction of sp³-hybridized carbons (Fsp3) is 1.00. The highest BCUT2D eigenvalue weighted by molar-refractivity contribution is 5.04. The molecular formula is C9H16O. The van der Waals surface area contributed by atoms with Gasteiger partial charge in [-0.2, -0.15) is 0 Å². The molecule has 0 spiro atoms. The van der Waals surface area contributed by atoms with Crippen molar-refractivity contribution in [3.63, 3.8) is 0 Å². The van der Waals surface area contributed by atoms with Gasteiger partial charge in [0.1, 0.15) is 0 Å². The van der Waals surface area contributed by atoms with Crippen LogP contribution in [0.15, 0.2) is 0 Å². The van der Waals surface area contributed by atoms with Crippen LogP contribution in [0.1, 0.15) is 39.0 Å². The first-order chi connectivity index (χ1) is 4.76. The van der Waals surface area contributed by atoms with Crippen LogP contribution in [0.4, 0.5) is 0 Å². The van der Waals surface area contributed by atoms with Crippen molar-refractivity contribution in [1.82, 2.24) is 0 Å². The van der Waals surface area contributed by atoms with Crippen LogP contribution in [0.2, 0.25) is 0 Å². The number of aliphatic hydroxyl groups is 1. The summed E-state index contributed by atoms with van der Waals surface area (Å²) in [5.74, 6) is 1.53. The van der Waals surface area contributed by atoms with Crippen molar-refractivity contribution in [2.45, 2.75) is 44.6 Å². The lowest BCUT2D eigenvalue weighted by Crippen LogP contribution is -2.37. The maximum atomic E-state index is 9.75. The first-order valence-corrected chi connectivity index (χ1v) is 4.48. The van der Waals surface area contributed by atoms with Crippen molar-refractivity contribution in [1.29, 1.82) is 0 Å². The molecule has 1 N–H and O–H groups in total. The zero-order valence-corrected chi connectivity index (χ0v) is 6.64. The van der Waals surface area contributed by atoms with Crippen LogP contribution in [0.5, 0.6) is 0 Å². The normalized spacial score (nSPS) is 42.6. The molecule has 2 fully saturated rings. The lowest BCUT2D eigenvalue weighted by atomic mass is 9.68. The summed E-state index contributed by atoms with van der Waals surface area (Å²) in [5, 5.41) is 9.75. The van der Waals surface area contributed by atoms with Crippen molar-refractivity contribution >= 4 is 0 Å². The number of hydrogen-bond donors (Lipinski definition) is 1. The predicted octanol–water partition coefficient (Wildman–Crippen LogP) is 1.95. The fourth-order valence-corrected chi connectivity index (χ4v) is 2.26. The molecule has 0 bridgehead atoms. The Balaban J connectivity index is 1.93. The average Bonchev–Trinajstić information content (AvgIpc) is 2.46. The molecule has 0 unspecified atom stereocenters. The van der Waals surface area contributed by atoms with Gasteiger partial charge in [0.15, 0.2) is 0 Å². The van der Waals surface area contributed by atoms with E-state index in [0.29, 0.717) is 5.92 Å². The molecule has 0 radical (unpaired) electrons. The van der Waals surface area contributed by atoms with Crippen LogP contribution in [0, 0.1) is 11.8 Å². The third-order valence-electron chi connectivity index (χ3n) is 3.39. The van der Waals surface area contributed by atoms with Gasteiger partial charge in [-0.3, -0.25) is 0 Å². The average molecular weight is 140 g/mol. The molecule has 0 saturated heterocycles. The van der Waals surface area contributed by atoms with E-state index in [2.05, 4.69) is 6.92 Å². The molecule has 0 aromatic carbocycles. The van der Waals surface area contributed by atoms with E-state index in [1.165, 1.54) is 19.3 Å². The molecule has 2 aliphatic rings. The predicted molar refractivity (Wildman–Crippen MR) is 40.7 cm³/mol. The van der Waals surface area contributed by atoms with Gasteiger partial charge in [0.2, 0.25) is 0 Å². The van der Waals surface area contributed by atoms with Gasteiger partial charge in [-0.1, -0.05) is 13.3 Å². The second-order valence-electron chi connectivity index (χ2n) is 3.96. The van der Waals surface area contributed by atoms with Crippen LogP contribution in [-0.2, 0) is 0 Å². The quantitative estimate of drug-likeness (QED) is 0.621. The lowest BCUT2D eigenvalue weighted by Gasteiger charge is -2.39. The maximum absolute atomic E-state index is 9.75. The first-order valence-electron chi connectivity index (χ1n) is 4.48. The van der Waals surface area contributed by atoms with Crippen LogP contribution < -0.4 is 0 Å². The Labute approximate surface area is 62.4 Å². The van der Waals surface area contributed by atoms with E-state index in [1.807, 2.05) is 0 Å². The minimum absolute atomic E-state index is 0.182. The van der Waals surface area contributed by atoms with Gasteiger partial charge < -0.3 is 5.11 Å². The van der Waals surface area contributed by atoms with Gasteiger partial charge in [-0.25, -0.2) is 0 Å². The van der Waals surface area contributed by atoms with Crippen molar-refractivity contribution in [3.8, 4) is 0 Å². The van der Waals surface area contributed by atoms with E-state index in [4.69, 9.17) is 0 Å². The smallest absolute Gasteiger partial charge is 0.0680 e. The zero-order valence-electron chi connectivity index (χ0n) is 6.64. The Morgan fingerprint density at radius 2 is 2.10 bits per heavy atom. The summed E-state index contributed by atoms with van der Waals surface area (Å²) in [4.78, 5) is 0. The van der Waals surface area contributed by atoms with Gasteiger partial charge >= 0.3 is 0 Å². The van der Waals surface area contributed by atoms with E-state index in [1.54, 1.807) is 0 Å². The van der Waals surface area contributed by atoms with Gasteiger partial charge in [0.05, 0.1) is 5.60 Å². The van der Waals surface area contributed by atoms with Gasteiger partial charge in [0.25, 0.3) is 0 Å². The van der Waals surface area contributed by atoms with E-state index in [-0.39, 0.29) is 5.60 Å². The first kappa shape index (κ1) is 6.66. The Bertz CT molecular complexity index is 136. The minimum Gasteiger partial charge on any atom is -0.390 e. The third-order valence-corrected chi connectivity index (χ3v) is 3.39. The molecule has 0 aromatic heterocycles. The van der Waals surface area contributed by atoms with Crippen molar-refractivity contribution < 1.29 is 5.11 Å². The SMILES string of the molecule is CC[C@@H]1CC[C@@H]1C1(O)CC1. The Morgan fingerprint density at radius 3 is 2.40 bits per heavy atom. The van der Waals surface area contributed by atoms with Crippen LogP contribution in [-0.4, -0.2) is 10.7 Å². The van der Waals surface area contributed by atoms with E-state index in [0.717, 1.165) is 18.8 Å². The molecule has 0 aromatic rings. The molecule has 58 valence electrons. The summed E-state index contributed by atoms with van der Waals surface area (Å²) < 4.78 is 0. The minimum atomic E-state index is -0.182. The molecule has 0 amide bonds. The molecule has 0 aliphatic heterocycles. The van der Waals surface area contributed by atoms with E-state index in [9.17, 15) is 5.11 Å². The van der Waals surface area contributed by atoms with Gasteiger partial charge in [0, 0.05) is 0 Å². The van der Waals surface area contributed by atoms with Crippen LogP contribution in [0.3, 0.4) is 0 Å². The maximum Gasteiger partial charge on any atom is 0.0680 e. The summed E-state index contributed by atoms with van der Waals surface area (Å²) in [7, 11) is 0. The molecule has 2 atom stereocenters. The monoisotopic (exact) mass is 140 g/mol. The molecule has 0 heterocycles. The standard InChI is InChI=1S/C9H16O/c1-2-7-3-4-8(7)9(10)5-6-9/h7-8,10H,2-6H2,1H3/t7-,8+/m1/s1. The highest BCUT2D eigenvalue weighted by atomic mass is 16.3. The van der Waals surface area contributed by atoms with Crippen molar-refractivity contribution in [3.05, 3.63) is 0 Å². The third kappa shape index (κ3) is 0.800. The molecular weight excluding hydrogens is 124 g/mol. The Kier molecular flexibility index (Phi) is 1.31. The summed E-state index contributed by atoms with van der Waals surface area (Å²) >= 11 is 0. The van der Waals surface area contributed by atoms with Gasteiger partial charge in [-0.05, 0) is 37.5 Å². The molecule has 10 heavy (non-hydrogen) atoms. The molecule has 1 nitrogen and oxygen atoms in total. The summed E-state index contributed by atoms with van der Waals surface area (Å²) in [6, 6.07) is 0. The highest BCUT2D eigenvalue weighted by Crippen LogP contribution is 2.54. The molecule has 2 aliphatic carbocycles. The van der Waals surface area contributed by atoms with Crippen LogP contribution in [0.25, 0.3) is 0 Å². The summed E-state index contributed by atoms with van der Waals surface area (Å²) in [6.07, 6.45) is 6.08. The van der Waals surface area contributed by atoms with Gasteiger partial charge in [-0.15, -0.1) is 0 Å². The second-order valence-corrected chi connectivity index (χ2v) is 3.96. The lowest BCUT2D eigenvalue weighted by molar-refractivity contribution is -0.00888. The fourth-order valence-electron chi connectivity index (χ4n) is 2.26. The topological polar surface area (TPSA) is 20.2 Å². The highest BCUT2D eigenvalue weighted by Gasteiger charge is 2.53. The Hall–Kier alpha value is -0.0400.